The van der Waals surface area contributed by atoms with Crippen LogP contribution in [-0.2, 0) is 6.42 Å². The maximum atomic E-state index is 9.00. The Hall–Kier alpha value is -1.83. The Morgan fingerprint density at radius 3 is 2.65 bits per heavy atom. The van der Waals surface area contributed by atoms with Crippen molar-refractivity contribution in [3.63, 3.8) is 0 Å². The molecule has 1 unspecified atom stereocenters. The van der Waals surface area contributed by atoms with Gasteiger partial charge in [-0.05, 0) is 26.7 Å². The zero-order valence-corrected chi connectivity index (χ0v) is 13.0. The van der Waals surface area contributed by atoms with Crippen molar-refractivity contribution < 1.29 is 0 Å². The van der Waals surface area contributed by atoms with Crippen molar-refractivity contribution >= 4 is 11.6 Å². The summed E-state index contributed by atoms with van der Waals surface area (Å²) < 4.78 is 0. The molecule has 20 heavy (non-hydrogen) atoms. The molecule has 1 N–H and O–H groups in total. The van der Waals surface area contributed by atoms with E-state index in [4.69, 9.17) is 5.26 Å². The molecule has 0 radical (unpaired) electrons. The van der Waals surface area contributed by atoms with Crippen molar-refractivity contribution in [1.29, 1.82) is 5.26 Å². The van der Waals surface area contributed by atoms with Crippen molar-refractivity contribution in [2.75, 3.05) is 29.9 Å². The van der Waals surface area contributed by atoms with Gasteiger partial charge < -0.3 is 10.2 Å². The fourth-order valence-corrected chi connectivity index (χ4v) is 2.13. The lowest BCUT2D eigenvalue weighted by molar-refractivity contribution is 0.675. The van der Waals surface area contributed by atoms with E-state index < -0.39 is 0 Å². The standard InChI is InChI=1S/C15H25N5/c1-5-8-17-14-13(6-2)15(19-11-18-14)20(7-3)10-12(4)9-16/h11-12H,5-8,10H2,1-4H3,(H,17,18,19). The lowest BCUT2D eigenvalue weighted by atomic mass is 10.1. The average molecular weight is 275 g/mol. The largest absolute Gasteiger partial charge is 0.370 e. The molecule has 0 saturated heterocycles. The molecule has 1 aromatic rings. The van der Waals surface area contributed by atoms with Crippen molar-refractivity contribution in [2.24, 2.45) is 5.92 Å². The molecular weight excluding hydrogens is 250 g/mol. The quantitative estimate of drug-likeness (QED) is 0.790. The Kier molecular flexibility index (Phi) is 6.78. The molecule has 0 aliphatic carbocycles. The number of rotatable bonds is 8. The number of nitrogens with one attached hydrogen (secondary N) is 1. The van der Waals surface area contributed by atoms with Crippen LogP contribution in [0.4, 0.5) is 11.6 Å². The Morgan fingerprint density at radius 1 is 1.35 bits per heavy atom. The second-order valence-corrected chi connectivity index (χ2v) is 4.87. The van der Waals surface area contributed by atoms with E-state index in [9.17, 15) is 0 Å². The third-order valence-corrected chi connectivity index (χ3v) is 3.21. The van der Waals surface area contributed by atoms with Gasteiger partial charge in [0.25, 0.3) is 0 Å². The molecule has 0 fully saturated rings. The molecule has 1 aromatic heterocycles. The summed E-state index contributed by atoms with van der Waals surface area (Å²) >= 11 is 0. The van der Waals surface area contributed by atoms with Crippen LogP contribution < -0.4 is 10.2 Å². The molecule has 5 nitrogen and oxygen atoms in total. The molecule has 0 aromatic carbocycles. The highest BCUT2D eigenvalue weighted by molar-refractivity contribution is 5.58. The van der Waals surface area contributed by atoms with Gasteiger partial charge in [0.15, 0.2) is 0 Å². The molecule has 0 aliphatic rings. The fourth-order valence-electron chi connectivity index (χ4n) is 2.13. The Bertz CT molecular complexity index is 452. The molecule has 0 amide bonds. The van der Waals surface area contributed by atoms with Crippen LogP contribution in [0.5, 0.6) is 0 Å². The molecule has 1 heterocycles. The van der Waals surface area contributed by atoms with E-state index in [2.05, 4.69) is 47.0 Å². The van der Waals surface area contributed by atoms with E-state index >= 15 is 0 Å². The number of hydrogen-bond donors (Lipinski definition) is 1. The number of anilines is 2. The minimum atomic E-state index is -0.0123. The summed E-state index contributed by atoms with van der Waals surface area (Å²) in [5.74, 6) is 1.86. The van der Waals surface area contributed by atoms with E-state index in [0.717, 1.165) is 43.1 Å². The minimum absolute atomic E-state index is 0.0123. The zero-order chi connectivity index (χ0) is 15.0. The van der Waals surface area contributed by atoms with Gasteiger partial charge in [0, 0.05) is 25.2 Å². The third kappa shape index (κ3) is 4.09. The predicted molar refractivity (Wildman–Crippen MR) is 82.9 cm³/mol. The Balaban J connectivity index is 3.05. The number of nitrogens with zero attached hydrogens (tertiary/aromatic N) is 4. The smallest absolute Gasteiger partial charge is 0.137 e. The molecule has 1 rings (SSSR count). The van der Waals surface area contributed by atoms with Crippen molar-refractivity contribution in [3.05, 3.63) is 11.9 Å². The number of hydrogen-bond acceptors (Lipinski definition) is 5. The van der Waals surface area contributed by atoms with Crippen LogP contribution in [0.2, 0.25) is 0 Å². The first-order valence-electron chi connectivity index (χ1n) is 7.40. The van der Waals surface area contributed by atoms with Gasteiger partial charge in [-0.3, -0.25) is 0 Å². The van der Waals surface area contributed by atoms with Gasteiger partial charge in [0.2, 0.25) is 0 Å². The van der Waals surface area contributed by atoms with Gasteiger partial charge in [-0.25, -0.2) is 9.97 Å². The Morgan fingerprint density at radius 2 is 2.10 bits per heavy atom. The average Bonchev–Trinajstić information content (AvgIpc) is 2.49. The topological polar surface area (TPSA) is 64.8 Å². The van der Waals surface area contributed by atoms with E-state index in [1.807, 2.05) is 6.92 Å². The highest BCUT2D eigenvalue weighted by atomic mass is 15.2. The summed E-state index contributed by atoms with van der Waals surface area (Å²) in [6.07, 6.45) is 3.54. The molecule has 0 spiro atoms. The molecule has 0 saturated carbocycles. The van der Waals surface area contributed by atoms with E-state index in [0.29, 0.717) is 6.54 Å². The summed E-state index contributed by atoms with van der Waals surface area (Å²) in [6, 6.07) is 2.29. The van der Waals surface area contributed by atoms with Gasteiger partial charge in [-0.1, -0.05) is 13.8 Å². The van der Waals surface area contributed by atoms with Gasteiger partial charge in [-0.15, -0.1) is 0 Å². The van der Waals surface area contributed by atoms with Gasteiger partial charge >= 0.3 is 0 Å². The second kappa shape index (κ2) is 8.36. The molecule has 0 bridgehead atoms. The number of nitriles is 1. The zero-order valence-electron chi connectivity index (χ0n) is 13.0. The Labute approximate surface area is 122 Å². The lowest BCUT2D eigenvalue weighted by Crippen LogP contribution is -2.30. The van der Waals surface area contributed by atoms with Crippen LogP contribution in [0, 0.1) is 17.2 Å². The molecule has 5 heteroatoms. The van der Waals surface area contributed by atoms with Gasteiger partial charge in [0.05, 0.1) is 12.0 Å². The van der Waals surface area contributed by atoms with Crippen LogP contribution in [0.15, 0.2) is 6.33 Å². The summed E-state index contributed by atoms with van der Waals surface area (Å²) in [5, 5.41) is 12.4. The minimum Gasteiger partial charge on any atom is -0.370 e. The van der Waals surface area contributed by atoms with E-state index in [1.54, 1.807) is 6.33 Å². The number of aromatic nitrogens is 2. The maximum absolute atomic E-state index is 9.00. The summed E-state index contributed by atoms with van der Waals surface area (Å²) in [6.45, 7) is 10.7. The summed E-state index contributed by atoms with van der Waals surface area (Å²) in [4.78, 5) is 11.0. The lowest BCUT2D eigenvalue weighted by Gasteiger charge is -2.26. The van der Waals surface area contributed by atoms with Crippen LogP contribution in [-0.4, -0.2) is 29.6 Å². The first kappa shape index (κ1) is 16.2. The molecule has 1 atom stereocenters. The highest BCUT2D eigenvalue weighted by Crippen LogP contribution is 2.24. The van der Waals surface area contributed by atoms with Crippen LogP contribution in [0.3, 0.4) is 0 Å². The summed E-state index contributed by atoms with van der Waals surface area (Å²) in [7, 11) is 0. The third-order valence-electron chi connectivity index (χ3n) is 3.21. The molecule has 0 aliphatic heterocycles. The van der Waals surface area contributed by atoms with Gasteiger partial charge in [-0.2, -0.15) is 5.26 Å². The van der Waals surface area contributed by atoms with Crippen LogP contribution in [0.1, 0.15) is 39.7 Å². The molecular formula is C15H25N5. The van der Waals surface area contributed by atoms with Crippen molar-refractivity contribution in [3.8, 4) is 6.07 Å². The molecule has 110 valence electrons. The van der Waals surface area contributed by atoms with Crippen LogP contribution >= 0.6 is 0 Å². The van der Waals surface area contributed by atoms with Gasteiger partial charge in [0.1, 0.15) is 18.0 Å². The highest BCUT2D eigenvalue weighted by Gasteiger charge is 2.16. The summed E-state index contributed by atoms with van der Waals surface area (Å²) in [5.41, 5.74) is 1.13. The van der Waals surface area contributed by atoms with E-state index in [-0.39, 0.29) is 5.92 Å². The van der Waals surface area contributed by atoms with E-state index in [1.165, 1.54) is 0 Å². The van der Waals surface area contributed by atoms with Crippen molar-refractivity contribution in [2.45, 2.75) is 40.5 Å². The predicted octanol–water partition coefficient (Wildman–Crippen LogP) is 2.85. The normalized spacial score (nSPS) is 11.8. The first-order valence-corrected chi connectivity index (χ1v) is 7.40. The van der Waals surface area contributed by atoms with Crippen LogP contribution in [0.25, 0.3) is 0 Å². The van der Waals surface area contributed by atoms with Crippen molar-refractivity contribution in [1.82, 2.24) is 9.97 Å². The SMILES string of the molecule is CCCNc1ncnc(N(CC)CC(C)C#N)c1CC. The fraction of sp³-hybridized carbons (Fsp3) is 0.667. The second-order valence-electron chi connectivity index (χ2n) is 4.87. The maximum Gasteiger partial charge on any atom is 0.137 e. The monoisotopic (exact) mass is 275 g/mol. The first-order chi connectivity index (χ1) is 9.67.